The van der Waals surface area contributed by atoms with Crippen molar-refractivity contribution in [2.75, 3.05) is 39.0 Å². The average molecular weight is 422 g/mol. The Hall–Kier alpha value is -2.77. The molecule has 0 atom stereocenters. The lowest BCUT2D eigenvalue weighted by Crippen LogP contribution is -2.42. The molecular formula is C23H27N5OS. The number of amides is 1. The highest BCUT2D eigenvalue weighted by Gasteiger charge is 2.24. The van der Waals surface area contributed by atoms with Crippen molar-refractivity contribution in [2.24, 2.45) is 0 Å². The fourth-order valence-electron chi connectivity index (χ4n) is 3.72. The van der Waals surface area contributed by atoms with Gasteiger partial charge < -0.3 is 15.1 Å². The van der Waals surface area contributed by atoms with Crippen molar-refractivity contribution in [3.8, 4) is 10.4 Å². The Balaban J connectivity index is 1.38. The summed E-state index contributed by atoms with van der Waals surface area (Å²) < 4.78 is 0. The molecule has 0 spiro atoms. The number of hydrogen-bond donors (Lipinski definition) is 1. The van der Waals surface area contributed by atoms with E-state index in [4.69, 9.17) is 4.98 Å². The Kier molecular flexibility index (Phi) is 6.40. The molecule has 0 saturated carbocycles. The zero-order valence-electron chi connectivity index (χ0n) is 17.4. The molecule has 7 heteroatoms. The molecule has 1 N–H and O–H groups in total. The van der Waals surface area contributed by atoms with E-state index in [-0.39, 0.29) is 5.91 Å². The minimum Gasteiger partial charge on any atom is -0.342 e. The average Bonchev–Trinajstić information content (AvgIpc) is 3.23. The van der Waals surface area contributed by atoms with E-state index < -0.39 is 0 Å². The number of nitrogens with one attached hydrogen (secondary N) is 1. The summed E-state index contributed by atoms with van der Waals surface area (Å²) >= 11 is 1.62. The van der Waals surface area contributed by atoms with E-state index in [0.29, 0.717) is 12.5 Å². The number of carbonyl (C=O) groups is 1. The molecule has 0 unspecified atom stereocenters. The molecule has 2 aromatic heterocycles. The van der Waals surface area contributed by atoms with Crippen LogP contribution in [-0.4, -0.2) is 59.4 Å². The van der Waals surface area contributed by atoms with Gasteiger partial charge in [0.05, 0.1) is 11.4 Å². The number of benzene rings is 1. The predicted molar refractivity (Wildman–Crippen MR) is 122 cm³/mol. The second-order valence-corrected chi connectivity index (χ2v) is 8.89. The quantitative estimate of drug-likeness (QED) is 0.646. The molecule has 3 heterocycles. The summed E-state index contributed by atoms with van der Waals surface area (Å²) in [5, 5.41) is 4.18. The molecule has 1 saturated heterocycles. The van der Waals surface area contributed by atoms with Crippen LogP contribution in [0.2, 0.25) is 0 Å². The normalized spacial score (nSPS) is 14.8. The highest BCUT2D eigenvalue weighted by molar-refractivity contribution is 7.18. The number of rotatable bonds is 6. The Morgan fingerprint density at radius 3 is 2.63 bits per heavy atom. The molecule has 0 bridgehead atoms. The van der Waals surface area contributed by atoms with Gasteiger partial charge in [-0.3, -0.25) is 4.79 Å². The predicted octanol–water partition coefficient (Wildman–Crippen LogP) is 4.22. The number of nitrogens with zero attached hydrogens (tertiary/aromatic N) is 4. The number of thiazole rings is 1. The summed E-state index contributed by atoms with van der Waals surface area (Å²) in [5.74, 6) is 1.40. The van der Waals surface area contributed by atoms with Gasteiger partial charge in [0.1, 0.15) is 5.82 Å². The van der Waals surface area contributed by atoms with Crippen molar-refractivity contribution in [3.63, 3.8) is 0 Å². The second kappa shape index (κ2) is 9.36. The van der Waals surface area contributed by atoms with Crippen LogP contribution in [0.15, 0.2) is 54.7 Å². The van der Waals surface area contributed by atoms with Gasteiger partial charge in [-0.1, -0.05) is 47.7 Å². The van der Waals surface area contributed by atoms with Gasteiger partial charge in [-0.2, -0.15) is 0 Å². The van der Waals surface area contributed by atoms with Gasteiger partial charge in [-0.15, -0.1) is 0 Å². The number of anilines is 2. The van der Waals surface area contributed by atoms with E-state index in [1.165, 1.54) is 5.56 Å². The van der Waals surface area contributed by atoms with Crippen molar-refractivity contribution in [1.82, 2.24) is 19.8 Å². The van der Waals surface area contributed by atoms with Crippen LogP contribution >= 0.6 is 11.3 Å². The highest BCUT2D eigenvalue weighted by Crippen LogP contribution is 2.31. The number of aromatic nitrogens is 2. The monoisotopic (exact) mass is 421 g/mol. The molecule has 1 aliphatic rings. The molecule has 1 amide bonds. The first-order valence-corrected chi connectivity index (χ1v) is 11.1. The SMILES string of the molecule is CN(C)CC(=O)N1CCC(c2cccc(Nc3ncc(-c4ccccc4)s3)n2)CC1. The summed E-state index contributed by atoms with van der Waals surface area (Å²) in [6, 6.07) is 16.4. The zero-order valence-corrected chi connectivity index (χ0v) is 18.2. The number of pyridine rings is 1. The first kappa shape index (κ1) is 20.5. The Labute approximate surface area is 181 Å². The number of likely N-dealkylation sites (N-methyl/N-ethyl adjacent to an activating group) is 1. The molecule has 1 aliphatic heterocycles. The van der Waals surface area contributed by atoms with Gasteiger partial charge in [0, 0.05) is 30.9 Å². The smallest absolute Gasteiger partial charge is 0.236 e. The first-order valence-electron chi connectivity index (χ1n) is 10.3. The molecule has 156 valence electrons. The number of likely N-dealkylation sites (tertiary alicyclic amines) is 1. The third-order valence-corrected chi connectivity index (χ3v) is 6.25. The summed E-state index contributed by atoms with van der Waals surface area (Å²) in [4.78, 5) is 26.6. The van der Waals surface area contributed by atoms with Gasteiger partial charge in [0.2, 0.25) is 5.91 Å². The third kappa shape index (κ3) is 5.04. The maximum Gasteiger partial charge on any atom is 0.236 e. The zero-order chi connectivity index (χ0) is 20.9. The Morgan fingerprint density at radius 2 is 1.90 bits per heavy atom. The molecule has 4 rings (SSSR count). The lowest BCUT2D eigenvalue weighted by atomic mass is 9.93. The molecule has 1 fully saturated rings. The minimum atomic E-state index is 0.208. The lowest BCUT2D eigenvalue weighted by Gasteiger charge is -2.32. The van der Waals surface area contributed by atoms with E-state index in [0.717, 1.165) is 47.5 Å². The van der Waals surface area contributed by atoms with Crippen LogP contribution in [0.4, 0.5) is 10.9 Å². The maximum absolute atomic E-state index is 12.3. The summed E-state index contributed by atoms with van der Waals surface area (Å²) in [7, 11) is 3.86. The number of piperidine rings is 1. The van der Waals surface area contributed by atoms with E-state index in [9.17, 15) is 4.79 Å². The van der Waals surface area contributed by atoms with Crippen LogP contribution in [0.5, 0.6) is 0 Å². The van der Waals surface area contributed by atoms with Crippen LogP contribution in [-0.2, 0) is 4.79 Å². The number of carbonyl (C=O) groups excluding carboxylic acids is 1. The second-order valence-electron chi connectivity index (χ2n) is 7.86. The third-order valence-electron chi connectivity index (χ3n) is 5.29. The molecular weight excluding hydrogens is 394 g/mol. The topological polar surface area (TPSA) is 61.4 Å². The fraction of sp³-hybridized carbons (Fsp3) is 0.348. The highest BCUT2D eigenvalue weighted by atomic mass is 32.1. The molecule has 30 heavy (non-hydrogen) atoms. The van der Waals surface area contributed by atoms with Gasteiger partial charge >= 0.3 is 0 Å². The Morgan fingerprint density at radius 1 is 1.13 bits per heavy atom. The van der Waals surface area contributed by atoms with Crippen molar-refractivity contribution >= 4 is 28.2 Å². The van der Waals surface area contributed by atoms with E-state index in [1.54, 1.807) is 11.3 Å². The minimum absolute atomic E-state index is 0.208. The van der Waals surface area contributed by atoms with Gasteiger partial charge in [-0.05, 0) is 44.6 Å². The van der Waals surface area contributed by atoms with Crippen molar-refractivity contribution in [3.05, 3.63) is 60.4 Å². The van der Waals surface area contributed by atoms with Crippen LogP contribution in [0, 0.1) is 0 Å². The first-order chi connectivity index (χ1) is 14.6. The van der Waals surface area contributed by atoms with Gasteiger partial charge in [0.15, 0.2) is 5.13 Å². The van der Waals surface area contributed by atoms with Crippen molar-refractivity contribution in [1.29, 1.82) is 0 Å². The van der Waals surface area contributed by atoms with Gasteiger partial charge in [0.25, 0.3) is 0 Å². The van der Waals surface area contributed by atoms with E-state index in [1.807, 2.05) is 60.4 Å². The fourth-order valence-corrected chi connectivity index (χ4v) is 4.55. The summed E-state index contributed by atoms with van der Waals surface area (Å²) in [5.41, 5.74) is 2.25. The summed E-state index contributed by atoms with van der Waals surface area (Å²) in [6.45, 7) is 2.06. The van der Waals surface area contributed by atoms with Crippen molar-refractivity contribution in [2.45, 2.75) is 18.8 Å². The maximum atomic E-state index is 12.3. The molecule has 6 nitrogen and oxygen atoms in total. The lowest BCUT2D eigenvalue weighted by molar-refractivity contribution is -0.132. The largest absolute Gasteiger partial charge is 0.342 e. The number of hydrogen-bond acceptors (Lipinski definition) is 6. The van der Waals surface area contributed by atoms with E-state index >= 15 is 0 Å². The van der Waals surface area contributed by atoms with Crippen LogP contribution in [0.1, 0.15) is 24.5 Å². The molecule has 3 aromatic rings. The Bertz CT molecular complexity index is 980. The molecule has 1 aromatic carbocycles. The standard InChI is InChI=1S/C23H27N5OS/c1-27(2)16-22(29)28-13-11-17(12-14-28)19-9-6-10-21(25-19)26-23-24-15-20(30-23)18-7-4-3-5-8-18/h3-10,15,17H,11-14,16H2,1-2H3,(H,24,25,26). The van der Waals surface area contributed by atoms with Gasteiger partial charge in [-0.25, -0.2) is 9.97 Å². The summed E-state index contributed by atoms with van der Waals surface area (Å²) in [6.07, 6.45) is 3.79. The molecule has 0 radical (unpaired) electrons. The van der Waals surface area contributed by atoms with Crippen LogP contribution < -0.4 is 5.32 Å². The van der Waals surface area contributed by atoms with Crippen molar-refractivity contribution < 1.29 is 4.79 Å². The van der Waals surface area contributed by atoms with E-state index in [2.05, 4.69) is 28.5 Å². The van der Waals surface area contributed by atoms with Crippen LogP contribution in [0.3, 0.4) is 0 Å². The molecule has 0 aliphatic carbocycles. The van der Waals surface area contributed by atoms with Crippen LogP contribution in [0.25, 0.3) is 10.4 Å².